The SMILES string of the molecule is Nc1ccc(Cn2ccc3ccc(C(=O)NOC4CCCCO4)cc32)cc1. The van der Waals surface area contributed by atoms with Gasteiger partial charge in [0.15, 0.2) is 6.29 Å². The van der Waals surface area contributed by atoms with Crippen LogP contribution in [-0.4, -0.2) is 23.4 Å². The summed E-state index contributed by atoms with van der Waals surface area (Å²) in [5.41, 5.74) is 11.7. The second kappa shape index (κ2) is 7.82. The van der Waals surface area contributed by atoms with Crippen molar-refractivity contribution < 1.29 is 14.4 Å². The molecule has 140 valence electrons. The van der Waals surface area contributed by atoms with Crippen molar-refractivity contribution in [3.05, 3.63) is 65.9 Å². The van der Waals surface area contributed by atoms with E-state index in [-0.39, 0.29) is 12.2 Å². The molecule has 1 aromatic heterocycles. The Kier molecular flexibility index (Phi) is 5.09. The van der Waals surface area contributed by atoms with Crippen molar-refractivity contribution in [3.8, 4) is 0 Å². The van der Waals surface area contributed by atoms with Gasteiger partial charge in [0.25, 0.3) is 5.91 Å². The minimum Gasteiger partial charge on any atom is -0.399 e. The zero-order valence-corrected chi connectivity index (χ0v) is 15.1. The van der Waals surface area contributed by atoms with Crippen molar-refractivity contribution >= 4 is 22.5 Å². The molecular formula is C21H23N3O3. The molecule has 0 aliphatic carbocycles. The number of fused-ring (bicyclic) bond motifs is 1. The van der Waals surface area contributed by atoms with Crippen molar-refractivity contribution in [2.24, 2.45) is 0 Å². The fourth-order valence-electron chi connectivity index (χ4n) is 3.27. The van der Waals surface area contributed by atoms with E-state index in [0.717, 1.165) is 41.4 Å². The molecule has 2 heterocycles. The number of carbonyl (C=O) groups excluding carboxylic acids is 1. The summed E-state index contributed by atoms with van der Waals surface area (Å²) < 4.78 is 7.58. The van der Waals surface area contributed by atoms with Gasteiger partial charge in [-0.15, -0.1) is 0 Å². The number of carbonyl (C=O) groups is 1. The molecule has 0 saturated carbocycles. The van der Waals surface area contributed by atoms with Gasteiger partial charge in [-0.05, 0) is 54.1 Å². The summed E-state index contributed by atoms with van der Waals surface area (Å²) in [7, 11) is 0. The monoisotopic (exact) mass is 365 g/mol. The second-order valence-corrected chi connectivity index (χ2v) is 6.80. The number of hydroxylamine groups is 1. The molecule has 1 saturated heterocycles. The maximum atomic E-state index is 12.4. The molecule has 27 heavy (non-hydrogen) atoms. The van der Waals surface area contributed by atoms with Crippen LogP contribution < -0.4 is 11.2 Å². The number of rotatable bonds is 5. The van der Waals surface area contributed by atoms with Crippen LogP contribution in [-0.2, 0) is 16.1 Å². The largest absolute Gasteiger partial charge is 0.399 e. The molecule has 1 unspecified atom stereocenters. The molecule has 1 aliphatic heterocycles. The van der Waals surface area contributed by atoms with Crippen LogP contribution in [0.4, 0.5) is 5.69 Å². The molecule has 3 N–H and O–H groups in total. The Labute approximate surface area is 157 Å². The van der Waals surface area contributed by atoms with E-state index in [0.29, 0.717) is 18.7 Å². The smallest absolute Gasteiger partial charge is 0.275 e. The Morgan fingerprint density at radius 2 is 2.04 bits per heavy atom. The zero-order chi connectivity index (χ0) is 18.6. The third kappa shape index (κ3) is 4.13. The maximum absolute atomic E-state index is 12.4. The third-order valence-electron chi connectivity index (χ3n) is 4.79. The average Bonchev–Trinajstić information content (AvgIpc) is 3.11. The highest BCUT2D eigenvalue weighted by Gasteiger charge is 2.16. The van der Waals surface area contributed by atoms with Gasteiger partial charge >= 0.3 is 0 Å². The summed E-state index contributed by atoms with van der Waals surface area (Å²) in [6.07, 6.45) is 4.54. The van der Waals surface area contributed by atoms with Gasteiger partial charge < -0.3 is 15.0 Å². The number of hydrogen-bond acceptors (Lipinski definition) is 4. The molecule has 0 radical (unpaired) electrons. The molecule has 1 atom stereocenters. The lowest BCUT2D eigenvalue weighted by Crippen LogP contribution is -2.33. The predicted molar refractivity (Wildman–Crippen MR) is 104 cm³/mol. The fraction of sp³-hybridized carbons (Fsp3) is 0.286. The van der Waals surface area contributed by atoms with E-state index in [9.17, 15) is 4.79 Å². The van der Waals surface area contributed by atoms with Crippen LogP contribution >= 0.6 is 0 Å². The first-order valence-corrected chi connectivity index (χ1v) is 9.20. The lowest BCUT2D eigenvalue weighted by Gasteiger charge is -2.22. The van der Waals surface area contributed by atoms with E-state index in [1.54, 1.807) is 6.07 Å². The van der Waals surface area contributed by atoms with Crippen molar-refractivity contribution in [3.63, 3.8) is 0 Å². The first kappa shape index (κ1) is 17.6. The molecule has 3 aromatic rings. The van der Waals surface area contributed by atoms with Crippen LogP contribution in [0.3, 0.4) is 0 Å². The van der Waals surface area contributed by atoms with E-state index in [2.05, 4.69) is 10.0 Å². The molecule has 1 amide bonds. The number of amides is 1. The molecule has 6 nitrogen and oxygen atoms in total. The Bertz CT molecular complexity index is 927. The summed E-state index contributed by atoms with van der Waals surface area (Å²) in [6, 6.07) is 15.5. The summed E-state index contributed by atoms with van der Waals surface area (Å²) in [5.74, 6) is -0.272. The number of hydrogen-bond donors (Lipinski definition) is 2. The van der Waals surface area contributed by atoms with Gasteiger partial charge in [-0.25, -0.2) is 10.3 Å². The molecule has 4 rings (SSSR count). The van der Waals surface area contributed by atoms with Crippen LogP contribution in [0.1, 0.15) is 35.2 Å². The standard InChI is InChI=1S/C21H23N3O3/c22-18-8-4-15(5-9-18)14-24-11-10-16-6-7-17(13-19(16)24)21(25)23-27-20-3-1-2-12-26-20/h4-11,13,20H,1-3,12,14,22H2,(H,23,25). The number of benzene rings is 2. The third-order valence-corrected chi connectivity index (χ3v) is 4.79. The number of nitrogens with zero attached hydrogens (tertiary/aromatic N) is 1. The Balaban J connectivity index is 1.48. The first-order valence-electron chi connectivity index (χ1n) is 9.20. The lowest BCUT2D eigenvalue weighted by molar-refractivity contribution is -0.186. The molecular weight excluding hydrogens is 342 g/mol. The number of nitrogens with two attached hydrogens (primary N) is 1. The van der Waals surface area contributed by atoms with Gasteiger partial charge in [0.1, 0.15) is 0 Å². The van der Waals surface area contributed by atoms with Crippen LogP contribution in [0.15, 0.2) is 54.7 Å². The summed E-state index contributed by atoms with van der Waals surface area (Å²) in [6.45, 7) is 1.38. The van der Waals surface area contributed by atoms with Crippen LogP contribution in [0.2, 0.25) is 0 Å². The Morgan fingerprint density at radius 1 is 1.19 bits per heavy atom. The highest BCUT2D eigenvalue weighted by molar-refractivity contribution is 5.97. The molecule has 0 spiro atoms. The predicted octanol–water partition coefficient (Wildman–Crippen LogP) is 3.46. The van der Waals surface area contributed by atoms with Crippen molar-refractivity contribution in [1.29, 1.82) is 0 Å². The molecule has 6 heteroatoms. The van der Waals surface area contributed by atoms with E-state index in [4.69, 9.17) is 15.3 Å². The van der Waals surface area contributed by atoms with Gasteiger partial charge in [-0.1, -0.05) is 18.2 Å². The summed E-state index contributed by atoms with van der Waals surface area (Å²) in [5, 5.41) is 1.08. The van der Waals surface area contributed by atoms with E-state index < -0.39 is 0 Å². The number of nitrogen functional groups attached to an aromatic ring is 1. The molecule has 0 bridgehead atoms. The van der Waals surface area contributed by atoms with Gasteiger partial charge in [0.05, 0.1) is 0 Å². The Hall–Kier alpha value is -2.83. The van der Waals surface area contributed by atoms with Crippen molar-refractivity contribution in [2.45, 2.75) is 32.1 Å². The van der Waals surface area contributed by atoms with E-state index in [1.807, 2.05) is 48.7 Å². The number of aromatic nitrogens is 1. The van der Waals surface area contributed by atoms with Crippen molar-refractivity contribution in [1.82, 2.24) is 10.0 Å². The van der Waals surface area contributed by atoms with Crippen LogP contribution in [0.25, 0.3) is 10.9 Å². The highest BCUT2D eigenvalue weighted by atomic mass is 16.8. The molecule has 1 fully saturated rings. The van der Waals surface area contributed by atoms with Crippen LogP contribution in [0.5, 0.6) is 0 Å². The van der Waals surface area contributed by atoms with Gasteiger partial charge in [0.2, 0.25) is 0 Å². The highest BCUT2D eigenvalue weighted by Crippen LogP contribution is 2.20. The topological polar surface area (TPSA) is 78.5 Å². The fourth-order valence-corrected chi connectivity index (χ4v) is 3.27. The quantitative estimate of drug-likeness (QED) is 0.536. The maximum Gasteiger partial charge on any atom is 0.275 e. The minimum absolute atomic E-state index is 0.272. The van der Waals surface area contributed by atoms with Gasteiger partial charge in [0, 0.05) is 42.5 Å². The van der Waals surface area contributed by atoms with Crippen molar-refractivity contribution in [2.75, 3.05) is 12.3 Å². The summed E-state index contributed by atoms with van der Waals surface area (Å²) >= 11 is 0. The van der Waals surface area contributed by atoms with E-state index in [1.165, 1.54) is 0 Å². The normalized spacial score (nSPS) is 17.1. The zero-order valence-electron chi connectivity index (χ0n) is 15.1. The van der Waals surface area contributed by atoms with Gasteiger partial charge in [-0.2, -0.15) is 0 Å². The number of nitrogens with one attached hydrogen (secondary N) is 1. The lowest BCUT2D eigenvalue weighted by atomic mass is 10.1. The second-order valence-electron chi connectivity index (χ2n) is 6.80. The molecule has 2 aromatic carbocycles. The molecule has 1 aliphatic rings. The minimum atomic E-state index is -0.360. The number of anilines is 1. The average molecular weight is 365 g/mol. The van der Waals surface area contributed by atoms with Gasteiger partial charge in [-0.3, -0.25) is 4.79 Å². The summed E-state index contributed by atoms with van der Waals surface area (Å²) in [4.78, 5) is 17.8. The van der Waals surface area contributed by atoms with E-state index >= 15 is 0 Å². The first-order chi connectivity index (χ1) is 13.2. The van der Waals surface area contributed by atoms with Crippen LogP contribution in [0, 0.1) is 0 Å². The Morgan fingerprint density at radius 3 is 2.81 bits per heavy atom. The number of ether oxygens (including phenoxy) is 1.